The van der Waals surface area contributed by atoms with Crippen molar-refractivity contribution in [1.29, 1.82) is 0 Å². The van der Waals surface area contributed by atoms with Gasteiger partial charge < -0.3 is 20.4 Å². The van der Waals surface area contributed by atoms with E-state index in [1.165, 1.54) is 17.0 Å². The Balaban J connectivity index is 1.78. The van der Waals surface area contributed by atoms with E-state index in [-0.39, 0.29) is 31.4 Å². The summed E-state index contributed by atoms with van der Waals surface area (Å²) in [5.41, 5.74) is 3.25. The van der Waals surface area contributed by atoms with Gasteiger partial charge in [-0.25, -0.2) is 4.39 Å². The van der Waals surface area contributed by atoms with Crippen molar-refractivity contribution < 1.29 is 39.2 Å². The van der Waals surface area contributed by atoms with Gasteiger partial charge in [-0.3, -0.25) is 19.3 Å². The molecule has 1 fully saturated rings. The number of aliphatic hydroxyl groups excluding tert-OH is 2. The minimum absolute atomic E-state index is 0.0479. The second-order valence-corrected chi connectivity index (χ2v) is 11.3. The van der Waals surface area contributed by atoms with E-state index >= 15 is 0 Å². The minimum atomic E-state index is -0.903. The van der Waals surface area contributed by atoms with E-state index in [1.54, 1.807) is 6.07 Å². The average molecular weight is 574 g/mol. The summed E-state index contributed by atoms with van der Waals surface area (Å²) < 4.78 is 13.9. The Morgan fingerprint density at radius 3 is 2.49 bits per heavy atom. The Bertz CT molecular complexity index is 1160. The van der Waals surface area contributed by atoms with E-state index < -0.39 is 41.4 Å². The Labute approximate surface area is 241 Å². The molecule has 226 valence electrons. The Morgan fingerprint density at radius 2 is 1.85 bits per heavy atom. The molecule has 4 N–H and O–H groups in total. The quantitative estimate of drug-likeness (QED) is 0.121. The third kappa shape index (κ3) is 8.04. The van der Waals surface area contributed by atoms with Gasteiger partial charge in [0.1, 0.15) is 0 Å². The van der Waals surface area contributed by atoms with Gasteiger partial charge in [0.15, 0.2) is 11.6 Å². The molecule has 8 nitrogen and oxygen atoms in total. The van der Waals surface area contributed by atoms with Gasteiger partial charge in [-0.2, -0.15) is 0 Å². The summed E-state index contributed by atoms with van der Waals surface area (Å²) in [4.78, 5) is 38.8. The number of hydrogen-bond acceptors (Lipinski definition) is 6. The van der Waals surface area contributed by atoms with Crippen LogP contribution in [0, 0.1) is 23.6 Å². The van der Waals surface area contributed by atoms with E-state index in [0.29, 0.717) is 56.1 Å². The number of aromatic hydroxyl groups is 1. The highest BCUT2D eigenvalue weighted by atomic mass is 19.1. The molecule has 0 spiro atoms. The van der Waals surface area contributed by atoms with Crippen LogP contribution in [-0.2, 0) is 14.4 Å². The summed E-state index contributed by atoms with van der Waals surface area (Å²) >= 11 is 0. The van der Waals surface area contributed by atoms with Gasteiger partial charge in [0.05, 0.1) is 24.5 Å². The fourth-order valence-electron chi connectivity index (χ4n) is 6.42. The van der Waals surface area contributed by atoms with Crippen LogP contribution >= 0.6 is 0 Å². The van der Waals surface area contributed by atoms with Crippen molar-refractivity contribution in [2.24, 2.45) is 17.8 Å². The van der Waals surface area contributed by atoms with E-state index in [1.807, 2.05) is 19.9 Å². The molecule has 3 rings (SSSR count). The van der Waals surface area contributed by atoms with Crippen molar-refractivity contribution >= 4 is 23.9 Å². The molecule has 4 atom stereocenters. The van der Waals surface area contributed by atoms with Gasteiger partial charge in [-0.1, -0.05) is 56.4 Å². The summed E-state index contributed by atoms with van der Waals surface area (Å²) in [6.07, 6.45) is 6.94. The molecule has 0 radical (unpaired) electrons. The highest BCUT2D eigenvalue weighted by Crippen LogP contribution is 2.47. The number of allylic oxidation sites excluding steroid dienone is 2. The van der Waals surface area contributed by atoms with Crippen LogP contribution in [-0.4, -0.2) is 62.4 Å². The first kappa shape index (κ1) is 32.5. The number of hydrogen-bond donors (Lipinski definition) is 4. The summed E-state index contributed by atoms with van der Waals surface area (Å²) in [5, 5.41) is 40.3. The summed E-state index contributed by atoms with van der Waals surface area (Å²) in [6, 6.07) is 4.22. The van der Waals surface area contributed by atoms with Crippen molar-refractivity contribution in [2.45, 2.75) is 90.6 Å². The van der Waals surface area contributed by atoms with Crippen molar-refractivity contribution in [1.82, 2.24) is 4.90 Å². The third-order valence-electron chi connectivity index (χ3n) is 8.31. The molecule has 1 heterocycles. The Morgan fingerprint density at radius 1 is 1.10 bits per heavy atom. The highest BCUT2D eigenvalue weighted by Gasteiger charge is 2.54. The number of carbonyl (C=O) groups is 3. The number of benzene rings is 1. The van der Waals surface area contributed by atoms with Gasteiger partial charge in [-0.15, -0.1) is 0 Å². The normalized spacial score (nSPS) is 21.9. The van der Waals surface area contributed by atoms with Crippen LogP contribution < -0.4 is 0 Å². The number of rotatable bonds is 16. The number of amides is 2. The van der Waals surface area contributed by atoms with Gasteiger partial charge in [0.2, 0.25) is 11.8 Å². The maximum atomic E-state index is 13.9. The highest BCUT2D eigenvalue weighted by molar-refractivity contribution is 6.05. The van der Waals surface area contributed by atoms with Crippen molar-refractivity contribution in [3.8, 4) is 5.75 Å². The molecule has 1 aromatic rings. The van der Waals surface area contributed by atoms with E-state index in [2.05, 4.69) is 0 Å². The molecular formula is C32H44FNO7. The third-order valence-corrected chi connectivity index (χ3v) is 8.31. The number of carboxylic acid groups (broad SMARTS) is 1. The standard InChI is InChI=1S/C32H44FNO7/c1-3-8-20(16-21-12-13-26(36)25(33)17-21)11-14-27(37)29-22(9-4-2)18-23-30(24(29)19-35)32(41)34(31(23)40)15-7-5-6-10-28(38)39/h12-13,16-17,23-24,27,30,35-37H,3-11,14-15,18-19H2,1-2H3,(H,38,39)/b20-16+/t23-,24+,27-,30-/m1/s1. The predicted molar refractivity (Wildman–Crippen MR) is 153 cm³/mol. The number of carboxylic acids is 1. The number of phenolic OH excluding ortho intramolecular Hbond substituents is 1. The van der Waals surface area contributed by atoms with Gasteiger partial charge in [-0.05, 0) is 68.2 Å². The monoisotopic (exact) mass is 573 g/mol. The van der Waals surface area contributed by atoms with Crippen molar-refractivity contribution in [2.75, 3.05) is 13.2 Å². The molecule has 41 heavy (non-hydrogen) atoms. The molecule has 0 aromatic heterocycles. The fourth-order valence-corrected chi connectivity index (χ4v) is 6.42. The van der Waals surface area contributed by atoms with E-state index in [9.17, 15) is 34.1 Å². The van der Waals surface area contributed by atoms with Crippen LogP contribution in [0.15, 0.2) is 34.9 Å². The maximum absolute atomic E-state index is 13.9. The number of likely N-dealkylation sites (tertiary alicyclic amines) is 1. The van der Waals surface area contributed by atoms with Gasteiger partial charge >= 0.3 is 5.97 Å². The molecule has 2 amide bonds. The lowest BCUT2D eigenvalue weighted by Crippen LogP contribution is -2.39. The van der Waals surface area contributed by atoms with E-state index in [4.69, 9.17) is 5.11 Å². The van der Waals surface area contributed by atoms with Crippen LogP contribution in [0.5, 0.6) is 5.75 Å². The second kappa shape index (κ2) is 15.3. The zero-order valence-electron chi connectivity index (χ0n) is 24.1. The first-order valence-corrected chi connectivity index (χ1v) is 14.9. The SMILES string of the molecule is CCCC1=C([C@H](O)CC/C(=C/c2ccc(O)c(F)c2)CCC)[C@H](CO)[C@@H]2C(=O)N(CCCCCC(=O)O)C(=O)[C@@H]2C1. The van der Waals surface area contributed by atoms with Crippen LogP contribution in [0.3, 0.4) is 0 Å². The molecule has 1 aromatic carbocycles. The second-order valence-electron chi connectivity index (χ2n) is 11.3. The molecular weight excluding hydrogens is 529 g/mol. The fraction of sp³-hybridized carbons (Fsp3) is 0.594. The number of halogens is 1. The lowest BCUT2D eigenvalue weighted by atomic mass is 9.67. The molecule has 2 aliphatic rings. The number of imide groups is 1. The average Bonchev–Trinajstić information content (AvgIpc) is 3.17. The molecule has 0 bridgehead atoms. The minimum Gasteiger partial charge on any atom is -0.505 e. The van der Waals surface area contributed by atoms with Crippen LogP contribution in [0.25, 0.3) is 6.08 Å². The molecule has 1 aliphatic heterocycles. The maximum Gasteiger partial charge on any atom is 0.303 e. The zero-order chi connectivity index (χ0) is 30.1. The van der Waals surface area contributed by atoms with Crippen molar-refractivity contribution in [3.63, 3.8) is 0 Å². The molecule has 1 saturated heterocycles. The summed E-state index contributed by atoms with van der Waals surface area (Å²) in [6.45, 7) is 3.93. The number of aliphatic hydroxyl groups is 2. The summed E-state index contributed by atoms with van der Waals surface area (Å²) in [5.74, 6) is -4.47. The topological polar surface area (TPSA) is 135 Å². The van der Waals surface area contributed by atoms with Gasteiger partial charge in [0, 0.05) is 18.9 Å². The number of unbranched alkanes of at least 4 members (excludes halogenated alkanes) is 2. The molecule has 9 heteroatoms. The van der Waals surface area contributed by atoms with Crippen LogP contribution in [0.4, 0.5) is 4.39 Å². The Hall–Kier alpha value is -3.04. The van der Waals surface area contributed by atoms with Crippen LogP contribution in [0.2, 0.25) is 0 Å². The Kier molecular flexibility index (Phi) is 12.1. The lowest BCUT2D eigenvalue weighted by molar-refractivity contribution is -0.141. The predicted octanol–water partition coefficient (Wildman–Crippen LogP) is 5.21. The van der Waals surface area contributed by atoms with E-state index in [0.717, 1.165) is 30.4 Å². The largest absolute Gasteiger partial charge is 0.505 e. The molecule has 1 aliphatic carbocycles. The number of nitrogens with zero attached hydrogens (tertiary/aromatic N) is 1. The smallest absolute Gasteiger partial charge is 0.303 e. The number of fused-ring (bicyclic) bond motifs is 1. The first-order chi connectivity index (χ1) is 19.6. The molecule has 0 unspecified atom stereocenters. The summed E-state index contributed by atoms with van der Waals surface area (Å²) in [7, 11) is 0. The van der Waals surface area contributed by atoms with Crippen molar-refractivity contribution in [3.05, 3.63) is 46.3 Å². The van der Waals surface area contributed by atoms with Gasteiger partial charge in [0.25, 0.3) is 0 Å². The zero-order valence-corrected chi connectivity index (χ0v) is 24.1. The number of carbonyl (C=O) groups excluding carboxylic acids is 2. The number of aliphatic carboxylic acids is 1. The lowest BCUT2D eigenvalue weighted by Gasteiger charge is -2.36. The number of phenols is 1. The van der Waals surface area contributed by atoms with Crippen LogP contribution in [0.1, 0.15) is 90.0 Å². The molecule has 0 saturated carbocycles. The first-order valence-electron chi connectivity index (χ1n) is 14.9.